The number of hydrogen-bond donors (Lipinski definition) is 1. The van der Waals surface area contributed by atoms with Crippen LogP contribution >= 0.6 is 0 Å². The summed E-state index contributed by atoms with van der Waals surface area (Å²) in [6, 6.07) is 0.841. The van der Waals surface area contributed by atoms with E-state index < -0.39 is 0 Å². The second-order valence-electron chi connectivity index (χ2n) is 5.06. The van der Waals surface area contributed by atoms with Gasteiger partial charge >= 0.3 is 0 Å². The molecule has 0 aromatic rings. The Kier molecular flexibility index (Phi) is 4.94. The fraction of sp³-hybridized carbons (Fsp3) is 1.00. The van der Waals surface area contributed by atoms with Crippen LogP contribution < -0.4 is 5.32 Å². The van der Waals surface area contributed by atoms with Crippen molar-refractivity contribution in [3.05, 3.63) is 0 Å². The third-order valence-corrected chi connectivity index (χ3v) is 3.60. The van der Waals surface area contributed by atoms with Crippen molar-refractivity contribution in [2.45, 2.75) is 71.8 Å². The maximum Gasteiger partial charge on any atom is 0.00776 e. The van der Waals surface area contributed by atoms with Crippen LogP contribution in [0.25, 0.3) is 0 Å². The lowest BCUT2D eigenvalue weighted by Gasteiger charge is -2.48. The van der Waals surface area contributed by atoms with Crippen molar-refractivity contribution in [1.82, 2.24) is 5.32 Å². The first-order chi connectivity index (χ1) is 6.76. The van der Waals surface area contributed by atoms with Crippen LogP contribution in [0.3, 0.4) is 0 Å². The molecule has 1 heteroatoms. The van der Waals surface area contributed by atoms with E-state index in [-0.39, 0.29) is 0 Å². The molecule has 0 aromatic carbocycles. The molecule has 0 unspecified atom stereocenters. The van der Waals surface area contributed by atoms with Crippen molar-refractivity contribution in [3.8, 4) is 0 Å². The lowest BCUT2D eigenvalue weighted by atomic mass is 9.61. The molecule has 1 rings (SSSR count). The number of hydrogen-bond acceptors (Lipinski definition) is 1. The first-order valence-electron chi connectivity index (χ1n) is 6.49. The molecule has 0 amide bonds. The molecule has 0 aromatic heterocycles. The molecule has 1 nitrogen and oxygen atoms in total. The lowest BCUT2D eigenvalue weighted by Crippen LogP contribution is -2.49. The summed E-state index contributed by atoms with van der Waals surface area (Å²) in [7, 11) is 0. The van der Waals surface area contributed by atoms with Gasteiger partial charge in [0, 0.05) is 6.04 Å². The molecule has 0 atom stereocenters. The van der Waals surface area contributed by atoms with E-state index in [1.807, 2.05) is 0 Å². The molecule has 0 spiro atoms. The second-order valence-corrected chi connectivity index (χ2v) is 5.06. The van der Waals surface area contributed by atoms with Crippen LogP contribution in [-0.4, -0.2) is 12.6 Å². The van der Waals surface area contributed by atoms with E-state index in [0.29, 0.717) is 0 Å². The van der Waals surface area contributed by atoms with Crippen LogP contribution in [0.1, 0.15) is 65.7 Å². The highest BCUT2D eigenvalue weighted by atomic mass is 14.9. The zero-order chi connectivity index (χ0) is 10.4. The molecule has 0 saturated heterocycles. The van der Waals surface area contributed by atoms with Gasteiger partial charge in [0.25, 0.3) is 0 Å². The minimum absolute atomic E-state index is 0.731. The quantitative estimate of drug-likeness (QED) is 0.655. The van der Waals surface area contributed by atoms with Gasteiger partial charge in [-0.15, -0.1) is 0 Å². The molecule has 84 valence electrons. The third-order valence-electron chi connectivity index (χ3n) is 3.60. The zero-order valence-electron chi connectivity index (χ0n) is 10.2. The highest BCUT2D eigenvalue weighted by Crippen LogP contribution is 2.48. The van der Waals surface area contributed by atoms with Gasteiger partial charge in [0.1, 0.15) is 0 Å². The Morgan fingerprint density at radius 2 is 1.57 bits per heavy atom. The Labute approximate surface area is 89.7 Å². The van der Waals surface area contributed by atoms with Crippen molar-refractivity contribution < 1.29 is 0 Å². The average molecular weight is 197 g/mol. The predicted octanol–water partition coefficient (Wildman–Crippen LogP) is 3.74. The Hall–Kier alpha value is -0.0400. The Balaban J connectivity index is 2.24. The van der Waals surface area contributed by atoms with Crippen molar-refractivity contribution >= 4 is 0 Å². The summed E-state index contributed by atoms with van der Waals surface area (Å²) in [6.07, 6.45) is 9.77. The first-order valence-corrected chi connectivity index (χ1v) is 6.49. The van der Waals surface area contributed by atoms with Gasteiger partial charge in [0.15, 0.2) is 0 Å². The molecule has 1 fully saturated rings. The van der Waals surface area contributed by atoms with Gasteiger partial charge in [-0.1, -0.05) is 33.6 Å². The summed E-state index contributed by atoms with van der Waals surface area (Å²) in [6.45, 7) is 8.10. The van der Waals surface area contributed by atoms with Crippen LogP contribution in [-0.2, 0) is 0 Å². The molecular weight excluding hydrogens is 170 g/mol. The largest absolute Gasteiger partial charge is 0.314 e. The van der Waals surface area contributed by atoms with E-state index in [2.05, 4.69) is 26.1 Å². The topological polar surface area (TPSA) is 12.0 Å². The maximum atomic E-state index is 3.64. The fourth-order valence-corrected chi connectivity index (χ4v) is 3.07. The molecule has 0 bridgehead atoms. The van der Waals surface area contributed by atoms with E-state index in [0.717, 1.165) is 11.5 Å². The summed E-state index contributed by atoms with van der Waals surface area (Å²) in [5, 5.41) is 3.64. The highest BCUT2D eigenvalue weighted by molar-refractivity contribution is 4.96. The van der Waals surface area contributed by atoms with Crippen molar-refractivity contribution in [1.29, 1.82) is 0 Å². The second kappa shape index (κ2) is 5.75. The van der Waals surface area contributed by atoms with E-state index in [9.17, 15) is 0 Å². The van der Waals surface area contributed by atoms with Gasteiger partial charge in [-0.2, -0.15) is 0 Å². The van der Waals surface area contributed by atoms with Crippen LogP contribution in [0, 0.1) is 5.41 Å². The van der Waals surface area contributed by atoms with Crippen LogP contribution in [0.2, 0.25) is 0 Å². The summed E-state index contributed by atoms with van der Waals surface area (Å²) < 4.78 is 0. The molecule has 14 heavy (non-hydrogen) atoms. The van der Waals surface area contributed by atoms with Gasteiger partial charge < -0.3 is 5.32 Å². The molecule has 0 heterocycles. The van der Waals surface area contributed by atoms with Gasteiger partial charge in [0.05, 0.1) is 0 Å². The monoisotopic (exact) mass is 197 g/mol. The highest BCUT2D eigenvalue weighted by Gasteiger charge is 2.41. The van der Waals surface area contributed by atoms with Gasteiger partial charge in [-0.25, -0.2) is 0 Å². The minimum Gasteiger partial charge on any atom is -0.314 e. The average Bonchev–Trinajstić information content (AvgIpc) is 2.11. The molecule has 1 saturated carbocycles. The number of nitrogens with one attached hydrogen (secondary N) is 1. The number of rotatable bonds is 7. The standard InChI is InChI=1S/C13H27N/c1-4-7-13(8-5-2)10-12(11-13)14-9-6-3/h12,14H,4-11H2,1-3H3. The molecule has 0 aliphatic heterocycles. The van der Waals surface area contributed by atoms with E-state index in [1.165, 1.54) is 51.5 Å². The van der Waals surface area contributed by atoms with Crippen LogP contribution in [0.4, 0.5) is 0 Å². The zero-order valence-corrected chi connectivity index (χ0v) is 10.2. The van der Waals surface area contributed by atoms with E-state index in [4.69, 9.17) is 0 Å². The smallest absolute Gasteiger partial charge is 0.00776 e. The summed E-state index contributed by atoms with van der Waals surface area (Å²) in [4.78, 5) is 0. The van der Waals surface area contributed by atoms with Gasteiger partial charge in [0.2, 0.25) is 0 Å². The summed E-state index contributed by atoms with van der Waals surface area (Å²) >= 11 is 0. The minimum atomic E-state index is 0.731. The normalized spacial score (nSPS) is 20.8. The third kappa shape index (κ3) is 2.98. The van der Waals surface area contributed by atoms with Crippen molar-refractivity contribution in [2.24, 2.45) is 5.41 Å². The van der Waals surface area contributed by atoms with E-state index in [1.54, 1.807) is 0 Å². The molecular formula is C13H27N. The van der Waals surface area contributed by atoms with Gasteiger partial charge in [-0.05, 0) is 44.1 Å². The molecule has 1 N–H and O–H groups in total. The predicted molar refractivity (Wildman–Crippen MR) is 63.6 cm³/mol. The Bertz CT molecular complexity index is 139. The first kappa shape index (κ1) is 12.0. The van der Waals surface area contributed by atoms with Crippen molar-refractivity contribution in [3.63, 3.8) is 0 Å². The lowest BCUT2D eigenvalue weighted by molar-refractivity contribution is 0.0594. The Morgan fingerprint density at radius 3 is 2.00 bits per heavy atom. The van der Waals surface area contributed by atoms with Crippen LogP contribution in [0.15, 0.2) is 0 Å². The summed E-state index contributed by atoms with van der Waals surface area (Å²) in [5.74, 6) is 0. The Morgan fingerprint density at radius 1 is 1.00 bits per heavy atom. The maximum absolute atomic E-state index is 3.64. The fourth-order valence-electron chi connectivity index (χ4n) is 3.07. The molecule has 0 radical (unpaired) electrons. The van der Waals surface area contributed by atoms with Crippen molar-refractivity contribution in [2.75, 3.05) is 6.54 Å². The van der Waals surface area contributed by atoms with Crippen LogP contribution in [0.5, 0.6) is 0 Å². The van der Waals surface area contributed by atoms with Gasteiger partial charge in [-0.3, -0.25) is 0 Å². The summed E-state index contributed by atoms with van der Waals surface area (Å²) in [5.41, 5.74) is 0.731. The molecule has 1 aliphatic rings. The SMILES string of the molecule is CCCNC1CC(CCC)(CCC)C1. The van der Waals surface area contributed by atoms with E-state index >= 15 is 0 Å². The molecule has 1 aliphatic carbocycles.